The minimum atomic E-state index is -0.564. The van der Waals surface area contributed by atoms with E-state index in [0.717, 1.165) is 0 Å². The van der Waals surface area contributed by atoms with Gasteiger partial charge in [0.15, 0.2) is 0 Å². The molecule has 3 rings (SSSR count). The second-order valence-corrected chi connectivity index (χ2v) is 5.86. The van der Waals surface area contributed by atoms with E-state index in [-0.39, 0.29) is 17.5 Å². The van der Waals surface area contributed by atoms with Crippen molar-refractivity contribution in [2.75, 3.05) is 20.2 Å². The van der Waals surface area contributed by atoms with Gasteiger partial charge >= 0.3 is 0 Å². The second-order valence-electron chi connectivity index (χ2n) is 5.86. The van der Waals surface area contributed by atoms with Gasteiger partial charge in [0.2, 0.25) is 0 Å². The van der Waals surface area contributed by atoms with Gasteiger partial charge < -0.3 is 19.3 Å². The lowest BCUT2D eigenvalue weighted by atomic mass is 10.1. The van der Waals surface area contributed by atoms with Crippen molar-refractivity contribution in [1.82, 2.24) is 14.5 Å². The number of aromatic nitrogens is 2. The fraction of sp³-hybridized carbons (Fsp3) is 0.412. The van der Waals surface area contributed by atoms with Crippen molar-refractivity contribution in [3.63, 3.8) is 0 Å². The average molecular weight is 333 g/mol. The van der Waals surface area contributed by atoms with Gasteiger partial charge in [0, 0.05) is 25.5 Å². The van der Waals surface area contributed by atoms with Gasteiger partial charge in [-0.15, -0.1) is 0 Å². The number of methoxy groups -OCH3 is 1. The number of hydrogen-bond donors (Lipinski definition) is 1. The van der Waals surface area contributed by atoms with Crippen LogP contribution in [0.1, 0.15) is 29.2 Å². The topological polar surface area (TPSA) is 67.6 Å². The van der Waals surface area contributed by atoms with Crippen LogP contribution in [-0.2, 0) is 0 Å². The van der Waals surface area contributed by atoms with Crippen molar-refractivity contribution < 1.29 is 19.0 Å². The number of benzene rings is 1. The molecule has 2 atom stereocenters. The zero-order chi connectivity index (χ0) is 17.1. The minimum absolute atomic E-state index is 0.125. The molecule has 1 fully saturated rings. The first kappa shape index (κ1) is 16.4. The molecule has 1 aliphatic rings. The Hall–Kier alpha value is -2.41. The molecule has 1 aromatic heterocycles. The fourth-order valence-corrected chi connectivity index (χ4v) is 3.11. The molecule has 0 saturated carbocycles. The summed E-state index contributed by atoms with van der Waals surface area (Å²) in [7, 11) is 1.45. The van der Waals surface area contributed by atoms with Gasteiger partial charge in [-0.25, -0.2) is 9.37 Å². The van der Waals surface area contributed by atoms with E-state index in [1.165, 1.54) is 25.3 Å². The highest BCUT2D eigenvalue weighted by atomic mass is 19.1. The Morgan fingerprint density at radius 3 is 2.88 bits per heavy atom. The molecule has 0 radical (unpaired) electrons. The maximum atomic E-state index is 13.5. The summed E-state index contributed by atoms with van der Waals surface area (Å²) in [6.07, 6.45) is 5.62. The Kier molecular flexibility index (Phi) is 4.80. The zero-order valence-corrected chi connectivity index (χ0v) is 13.4. The van der Waals surface area contributed by atoms with E-state index >= 15 is 0 Å². The molecular formula is C17H20FN3O3. The van der Waals surface area contributed by atoms with E-state index in [1.54, 1.807) is 23.6 Å². The fourth-order valence-electron chi connectivity index (χ4n) is 3.11. The maximum absolute atomic E-state index is 13.5. The largest absolute Gasteiger partial charge is 0.496 e. The normalized spacial score (nSPS) is 21.4. The van der Waals surface area contributed by atoms with Crippen molar-refractivity contribution in [2.45, 2.75) is 25.0 Å². The van der Waals surface area contributed by atoms with Crippen LogP contribution in [0.3, 0.4) is 0 Å². The van der Waals surface area contributed by atoms with Crippen LogP contribution in [0.2, 0.25) is 0 Å². The second kappa shape index (κ2) is 7.00. The summed E-state index contributed by atoms with van der Waals surface area (Å²) in [4.78, 5) is 18.4. The van der Waals surface area contributed by atoms with Crippen LogP contribution >= 0.6 is 0 Å². The third-order valence-electron chi connectivity index (χ3n) is 4.42. The van der Waals surface area contributed by atoms with Crippen molar-refractivity contribution in [3.05, 3.63) is 48.3 Å². The molecule has 1 amide bonds. The number of rotatable bonds is 3. The highest BCUT2D eigenvalue weighted by Gasteiger charge is 2.29. The lowest BCUT2D eigenvalue weighted by molar-refractivity contribution is 0.0747. The highest BCUT2D eigenvalue weighted by molar-refractivity contribution is 5.97. The van der Waals surface area contributed by atoms with Crippen molar-refractivity contribution in [2.24, 2.45) is 0 Å². The first-order valence-corrected chi connectivity index (χ1v) is 7.88. The molecule has 24 heavy (non-hydrogen) atoms. The molecule has 1 aliphatic heterocycles. The Morgan fingerprint density at radius 2 is 2.17 bits per heavy atom. The van der Waals surface area contributed by atoms with E-state index in [0.29, 0.717) is 31.7 Å². The molecule has 128 valence electrons. The van der Waals surface area contributed by atoms with Crippen LogP contribution in [0.4, 0.5) is 4.39 Å². The number of nitrogens with zero attached hydrogens (tertiary/aromatic N) is 3. The number of halogens is 1. The number of imidazole rings is 1. The summed E-state index contributed by atoms with van der Waals surface area (Å²) < 4.78 is 20.6. The molecule has 7 heteroatoms. The van der Waals surface area contributed by atoms with Crippen molar-refractivity contribution in [3.8, 4) is 5.75 Å². The number of carbonyl (C=O) groups excluding carboxylic acids is 1. The number of aliphatic hydroxyl groups is 1. The van der Waals surface area contributed by atoms with Crippen molar-refractivity contribution in [1.29, 1.82) is 0 Å². The summed E-state index contributed by atoms with van der Waals surface area (Å²) in [5.74, 6) is -0.424. The Bertz CT molecular complexity index is 705. The lowest BCUT2D eigenvalue weighted by Crippen LogP contribution is -2.32. The molecule has 0 spiro atoms. The molecule has 0 unspecified atom stereocenters. The van der Waals surface area contributed by atoms with Crippen LogP contribution in [0.15, 0.2) is 36.9 Å². The molecule has 2 heterocycles. The molecular weight excluding hydrogens is 313 g/mol. The van der Waals surface area contributed by atoms with Crippen LogP contribution in [-0.4, -0.2) is 51.8 Å². The van der Waals surface area contributed by atoms with Gasteiger partial charge in [-0.05, 0) is 31.0 Å². The van der Waals surface area contributed by atoms with Gasteiger partial charge in [0.05, 0.1) is 31.1 Å². The molecule has 6 nitrogen and oxygen atoms in total. The molecule has 1 saturated heterocycles. The standard InChI is InChI=1S/C17H20FN3O3/c1-24-16-3-2-12(18)10-13(16)17(23)20-7-4-14(15(22)5-8-20)21-9-6-19-11-21/h2-3,6,9-11,14-15,22H,4-5,7-8H2,1H3/t14-,15-/m0/s1. The van der Waals surface area contributed by atoms with Crippen LogP contribution in [0, 0.1) is 5.82 Å². The molecule has 1 aromatic carbocycles. The van der Waals surface area contributed by atoms with Gasteiger partial charge in [0.25, 0.3) is 5.91 Å². The van der Waals surface area contributed by atoms with Crippen LogP contribution < -0.4 is 4.74 Å². The van der Waals surface area contributed by atoms with E-state index in [4.69, 9.17) is 4.74 Å². The van der Waals surface area contributed by atoms with E-state index < -0.39 is 11.9 Å². The summed E-state index contributed by atoms with van der Waals surface area (Å²) in [5.41, 5.74) is 0.202. The van der Waals surface area contributed by atoms with Gasteiger partial charge in [-0.2, -0.15) is 0 Å². The quantitative estimate of drug-likeness (QED) is 0.931. The monoisotopic (exact) mass is 333 g/mol. The predicted octanol–water partition coefficient (Wildman–Crippen LogP) is 1.87. The molecule has 2 aromatic rings. The Morgan fingerprint density at radius 1 is 1.38 bits per heavy atom. The third-order valence-corrected chi connectivity index (χ3v) is 4.42. The van der Waals surface area contributed by atoms with Crippen molar-refractivity contribution >= 4 is 5.91 Å². The number of ether oxygens (including phenoxy) is 1. The Balaban J connectivity index is 1.78. The third kappa shape index (κ3) is 3.26. The molecule has 0 bridgehead atoms. The van der Waals surface area contributed by atoms with E-state index in [2.05, 4.69) is 4.98 Å². The smallest absolute Gasteiger partial charge is 0.257 e. The van der Waals surface area contributed by atoms with E-state index in [1.807, 2.05) is 4.57 Å². The summed E-state index contributed by atoms with van der Waals surface area (Å²) in [5, 5.41) is 10.4. The number of likely N-dealkylation sites (tertiary alicyclic amines) is 1. The maximum Gasteiger partial charge on any atom is 0.257 e. The number of aliphatic hydroxyl groups excluding tert-OH is 1. The summed E-state index contributed by atoms with van der Waals surface area (Å²) in [6.45, 7) is 0.878. The number of amides is 1. The summed E-state index contributed by atoms with van der Waals surface area (Å²) in [6, 6.07) is 3.77. The average Bonchev–Trinajstić information content (AvgIpc) is 3.04. The zero-order valence-electron chi connectivity index (χ0n) is 13.4. The first-order chi connectivity index (χ1) is 11.6. The number of hydrogen-bond acceptors (Lipinski definition) is 4. The van der Waals surface area contributed by atoms with Crippen LogP contribution in [0.5, 0.6) is 5.75 Å². The van der Waals surface area contributed by atoms with E-state index in [9.17, 15) is 14.3 Å². The first-order valence-electron chi connectivity index (χ1n) is 7.88. The number of carbonyl (C=O) groups is 1. The highest BCUT2D eigenvalue weighted by Crippen LogP contribution is 2.26. The van der Waals surface area contributed by atoms with Crippen LogP contribution in [0.25, 0.3) is 0 Å². The van der Waals surface area contributed by atoms with Gasteiger partial charge in [-0.1, -0.05) is 0 Å². The predicted molar refractivity (Wildman–Crippen MR) is 85.4 cm³/mol. The SMILES string of the molecule is COc1ccc(F)cc1C(=O)N1CC[C@H](O)[C@@H](n2ccnc2)CC1. The molecule has 0 aliphatic carbocycles. The summed E-state index contributed by atoms with van der Waals surface area (Å²) >= 11 is 0. The molecule has 1 N–H and O–H groups in total. The Labute approximate surface area is 139 Å². The minimum Gasteiger partial charge on any atom is -0.496 e. The lowest BCUT2D eigenvalue weighted by Gasteiger charge is -2.22. The van der Waals surface area contributed by atoms with Gasteiger partial charge in [-0.3, -0.25) is 4.79 Å². The van der Waals surface area contributed by atoms with Gasteiger partial charge in [0.1, 0.15) is 11.6 Å².